The number of aromatic nitrogens is 1. The van der Waals surface area contributed by atoms with Gasteiger partial charge in [0, 0.05) is 33.8 Å². The van der Waals surface area contributed by atoms with E-state index < -0.39 is 0 Å². The molecule has 0 bridgehead atoms. The van der Waals surface area contributed by atoms with Gasteiger partial charge >= 0.3 is 0 Å². The molecule has 0 aromatic carbocycles. The average molecular weight is 261 g/mol. The van der Waals surface area contributed by atoms with E-state index in [2.05, 4.69) is 18.0 Å². The van der Waals surface area contributed by atoms with E-state index in [1.165, 1.54) is 6.42 Å². The summed E-state index contributed by atoms with van der Waals surface area (Å²) in [7, 11) is 4.00. The summed E-state index contributed by atoms with van der Waals surface area (Å²) >= 11 is 0. The van der Waals surface area contributed by atoms with Crippen LogP contribution in [0.5, 0.6) is 0 Å². The van der Waals surface area contributed by atoms with E-state index in [0.717, 1.165) is 36.3 Å². The van der Waals surface area contributed by atoms with Crippen LogP contribution in [-0.2, 0) is 4.79 Å². The molecule has 104 valence electrons. The first-order chi connectivity index (χ1) is 9.00. The Balaban J connectivity index is 2.29. The van der Waals surface area contributed by atoms with Gasteiger partial charge in [0.05, 0.1) is 6.04 Å². The Kier molecular flexibility index (Phi) is 4.08. The standard InChI is InChI=1S/C15H23N3O/c1-11-9-13(10-16-15(11)17(3)4)14-7-5-6-8-18(14)12(2)19/h9-10,14H,5-8H2,1-4H3/t14-/m0/s1. The van der Waals surface area contributed by atoms with Crippen LogP contribution in [0.3, 0.4) is 0 Å². The number of hydrogen-bond acceptors (Lipinski definition) is 3. The second kappa shape index (κ2) is 5.59. The van der Waals surface area contributed by atoms with Crippen molar-refractivity contribution in [3.05, 3.63) is 23.4 Å². The van der Waals surface area contributed by atoms with E-state index >= 15 is 0 Å². The minimum absolute atomic E-state index is 0.166. The van der Waals surface area contributed by atoms with Crippen LogP contribution in [0.4, 0.5) is 5.82 Å². The van der Waals surface area contributed by atoms with Crippen LogP contribution in [0.2, 0.25) is 0 Å². The molecule has 19 heavy (non-hydrogen) atoms. The van der Waals surface area contributed by atoms with Crippen molar-refractivity contribution in [2.45, 2.75) is 39.2 Å². The van der Waals surface area contributed by atoms with Crippen molar-refractivity contribution >= 4 is 11.7 Å². The summed E-state index contributed by atoms with van der Waals surface area (Å²) in [5.74, 6) is 1.16. The van der Waals surface area contributed by atoms with Crippen molar-refractivity contribution in [2.24, 2.45) is 0 Å². The highest BCUT2D eigenvalue weighted by molar-refractivity contribution is 5.74. The lowest BCUT2D eigenvalue weighted by molar-refractivity contribution is -0.132. The number of likely N-dealkylation sites (tertiary alicyclic amines) is 1. The lowest BCUT2D eigenvalue weighted by Gasteiger charge is -2.35. The van der Waals surface area contributed by atoms with E-state index in [0.29, 0.717) is 0 Å². The van der Waals surface area contributed by atoms with E-state index in [4.69, 9.17) is 0 Å². The molecule has 1 atom stereocenters. The van der Waals surface area contributed by atoms with Gasteiger partial charge in [-0.1, -0.05) is 0 Å². The van der Waals surface area contributed by atoms with Crippen molar-refractivity contribution in [1.29, 1.82) is 0 Å². The molecule has 1 amide bonds. The zero-order valence-corrected chi connectivity index (χ0v) is 12.3. The second-order valence-electron chi connectivity index (χ2n) is 5.53. The zero-order valence-electron chi connectivity index (χ0n) is 12.3. The number of carbonyl (C=O) groups excluding carboxylic acids is 1. The van der Waals surface area contributed by atoms with Crippen LogP contribution < -0.4 is 4.90 Å². The molecular weight excluding hydrogens is 238 g/mol. The third-order valence-corrected chi connectivity index (χ3v) is 3.79. The van der Waals surface area contributed by atoms with Gasteiger partial charge in [0.15, 0.2) is 0 Å². The summed E-state index contributed by atoms with van der Waals surface area (Å²) < 4.78 is 0. The van der Waals surface area contributed by atoms with Crippen LogP contribution in [-0.4, -0.2) is 36.4 Å². The fraction of sp³-hybridized carbons (Fsp3) is 0.600. The van der Waals surface area contributed by atoms with Crippen molar-refractivity contribution in [3.8, 4) is 0 Å². The number of pyridine rings is 1. The molecule has 0 spiro atoms. The van der Waals surface area contributed by atoms with Crippen LogP contribution in [0, 0.1) is 6.92 Å². The van der Waals surface area contributed by atoms with Gasteiger partial charge in [-0.15, -0.1) is 0 Å². The lowest BCUT2D eigenvalue weighted by atomic mass is 9.95. The predicted molar refractivity (Wildman–Crippen MR) is 77.3 cm³/mol. The Labute approximate surface area is 115 Å². The molecule has 1 aliphatic heterocycles. The maximum Gasteiger partial charge on any atom is 0.219 e. The van der Waals surface area contributed by atoms with Gasteiger partial charge in [0.2, 0.25) is 5.91 Å². The first-order valence-electron chi connectivity index (χ1n) is 6.91. The highest BCUT2D eigenvalue weighted by Crippen LogP contribution is 2.32. The van der Waals surface area contributed by atoms with Gasteiger partial charge in [-0.2, -0.15) is 0 Å². The molecule has 1 aliphatic rings. The number of nitrogens with zero attached hydrogens (tertiary/aromatic N) is 3. The Morgan fingerprint density at radius 2 is 2.16 bits per heavy atom. The monoisotopic (exact) mass is 261 g/mol. The molecule has 4 nitrogen and oxygen atoms in total. The molecule has 0 aliphatic carbocycles. The number of carbonyl (C=O) groups is 1. The minimum atomic E-state index is 0.166. The Hall–Kier alpha value is -1.58. The summed E-state index contributed by atoms with van der Waals surface area (Å²) in [6, 6.07) is 2.38. The van der Waals surface area contributed by atoms with Crippen molar-refractivity contribution < 1.29 is 4.79 Å². The molecule has 4 heteroatoms. The zero-order chi connectivity index (χ0) is 14.0. The normalized spacial score (nSPS) is 19.4. The largest absolute Gasteiger partial charge is 0.363 e. The Morgan fingerprint density at radius 3 is 2.74 bits per heavy atom. The molecule has 1 aromatic heterocycles. The first-order valence-corrected chi connectivity index (χ1v) is 6.91. The maximum atomic E-state index is 11.7. The summed E-state index contributed by atoms with van der Waals surface area (Å²) in [5.41, 5.74) is 2.33. The number of hydrogen-bond donors (Lipinski definition) is 0. The molecule has 2 rings (SSSR count). The quantitative estimate of drug-likeness (QED) is 0.821. The third kappa shape index (κ3) is 2.88. The molecule has 0 N–H and O–H groups in total. The molecule has 1 saturated heterocycles. The summed E-state index contributed by atoms with van der Waals surface area (Å²) in [5, 5.41) is 0. The minimum Gasteiger partial charge on any atom is -0.363 e. The Bertz CT molecular complexity index is 470. The van der Waals surface area contributed by atoms with Crippen LogP contribution >= 0.6 is 0 Å². The first kappa shape index (κ1) is 13.8. The van der Waals surface area contributed by atoms with Gasteiger partial charge in [-0.25, -0.2) is 4.98 Å². The lowest BCUT2D eigenvalue weighted by Crippen LogP contribution is -2.37. The fourth-order valence-corrected chi connectivity index (χ4v) is 2.89. The fourth-order valence-electron chi connectivity index (χ4n) is 2.89. The molecule has 1 fully saturated rings. The van der Waals surface area contributed by atoms with Gasteiger partial charge < -0.3 is 9.80 Å². The number of anilines is 1. The number of amides is 1. The topological polar surface area (TPSA) is 36.4 Å². The van der Waals surface area contributed by atoms with Gasteiger partial charge in [0.25, 0.3) is 0 Å². The van der Waals surface area contributed by atoms with Crippen molar-refractivity contribution in [3.63, 3.8) is 0 Å². The molecule has 0 radical (unpaired) electrons. The molecule has 2 heterocycles. The predicted octanol–water partition coefficient (Wildman–Crippen LogP) is 2.53. The molecule has 1 aromatic rings. The highest BCUT2D eigenvalue weighted by Gasteiger charge is 2.26. The van der Waals surface area contributed by atoms with Gasteiger partial charge in [-0.3, -0.25) is 4.79 Å². The van der Waals surface area contributed by atoms with E-state index in [1.807, 2.05) is 30.1 Å². The SMILES string of the molecule is CC(=O)N1CCCC[C@H]1c1cnc(N(C)C)c(C)c1. The van der Waals surface area contributed by atoms with Crippen LogP contribution in [0.15, 0.2) is 12.3 Å². The molecule has 0 saturated carbocycles. The van der Waals surface area contributed by atoms with Crippen molar-refractivity contribution in [1.82, 2.24) is 9.88 Å². The summed E-state index contributed by atoms with van der Waals surface area (Å²) in [6.07, 6.45) is 5.26. The third-order valence-electron chi connectivity index (χ3n) is 3.79. The smallest absolute Gasteiger partial charge is 0.219 e. The average Bonchev–Trinajstić information content (AvgIpc) is 2.38. The van der Waals surface area contributed by atoms with Gasteiger partial charge in [0.1, 0.15) is 5.82 Å². The van der Waals surface area contributed by atoms with Gasteiger partial charge in [-0.05, 0) is 43.4 Å². The van der Waals surface area contributed by atoms with E-state index in [9.17, 15) is 4.79 Å². The highest BCUT2D eigenvalue weighted by atomic mass is 16.2. The maximum absolute atomic E-state index is 11.7. The number of rotatable bonds is 2. The molecule has 0 unspecified atom stereocenters. The van der Waals surface area contributed by atoms with Crippen molar-refractivity contribution in [2.75, 3.05) is 25.5 Å². The van der Waals surface area contributed by atoms with Crippen LogP contribution in [0.25, 0.3) is 0 Å². The summed E-state index contributed by atoms with van der Waals surface area (Å²) in [6.45, 7) is 4.61. The summed E-state index contributed by atoms with van der Waals surface area (Å²) in [4.78, 5) is 20.3. The number of piperidine rings is 1. The molecular formula is C15H23N3O. The van der Waals surface area contributed by atoms with E-state index in [1.54, 1.807) is 6.92 Å². The Morgan fingerprint density at radius 1 is 1.42 bits per heavy atom. The second-order valence-corrected chi connectivity index (χ2v) is 5.53. The number of aryl methyl sites for hydroxylation is 1. The van der Waals surface area contributed by atoms with Crippen LogP contribution in [0.1, 0.15) is 43.4 Å². The van der Waals surface area contributed by atoms with E-state index in [-0.39, 0.29) is 11.9 Å².